The van der Waals surface area contributed by atoms with E-state index < -0.39 is 0 Å². The summed E-state index contributed by atoms with van der Waals surface area (Å²) in [4.78, 5) is 21.5. The van der Waals surface area contributed by atoms with E-state index in [0.29, 0.717) is 17.4 Å². The van der Waals surface area contributed by atoms with Crippen molar-refractivity contribution in [1.82, 2.24) is 24.9 Å². The Morgan fingerprint density at radius 3 is 2.56 bits per heavy atom. The third kappa shape index (κ3) is 4.95. The van der Waals surface area contributed by atoms with Crippen LogP contribution in [0.25, 0.3) is 5.78 Å². The standard InChI is InChI=1S/C24H24ClN5OS/c1-15(18-9-5-4-6-10-18)26-22(31)14-32-24-28-23-27-16(2)20(17(3)30(23)29-24)13-19-11-7-8-12-21(19)25/h4-12,15H,13-14H2,1-3H3,(H,26,31)/t15-/m0/s1. The number of amides is 1. The molecule has 0 aliphatic heterocycles. The van der Waals surface area contributed by atoms with Gasteiger partial charge in [-0.1, -0.05) is 71.9 Å². The molecule has 0 aliphatic carbocycles. The highest BCUT2D eigenvalue weighted by atomic mass is 35.5. The van der Waals surface area contributed by atoms with E-state index in [1.807, 2.05) is 75.4 Å². The molecule has 32 heavy (non-hydrogen) atoms. The molecule has 6 nitrogen and oxygen atoms in total. The number of halogens is 1. The summed E-state index contributed by atoms with van der Waals surface area (Å²) in [5, 5.41) is 8.85. The highest BCUT2D eigenvalue weighted by molar-refractivity contribution is 7.99. The van der Waals surface area contributed by atoms with Crippen LogP contribution in [-0.4, -0.2) is 31.2 Å². The average molecular weight is 466 g/mol. The number of nitrogens with one attached hydrogen (secondary N) is 1. The first kappa shape index (κ1) is 22.3. The van der Waals surface area contributed by atoms with Crippen molar-refractivity contribution in [2.75, 3.05) is 5.75 Å². The zero-order valence-corrected chi connectivity index (χ0v) is 19.7. The number of aromatic nitrogens is 4. The molecule has 8 heteroatoms. The molecule has 0 saturated heterocycles. The van der Waals surface area contributed by atoms with Crippen LogP contribution < -0.4 is 5.32 Å². The molecule has 1 atom stereocenters. The fourth-order valence-corrected chi connectivity index (χ4v) is 4.41. The van der Waals surface area contributed by atoms with Gasteiger partial charge in [0.1, 0.15) is 0 Å². The number of rotatable bonds is 7. The number of aryl methyl sites for hydroxylation is 2. The summed E-state index contributed by atoms with van der Waals surface area (Å²) in [6.07, 6.45) is 0.669. The molecule has 0 aliphatic rings. The monoisotopic (exact) mass is 465 g/mol. The Morgan fingerprint density at radius 1 is 1.09 bits per heavy atom. The van der Waals surface area contributed by atoms with Crippen molar-refractivity contribution >= 4 is 35.0 Å². The predicted molar refractivity (Wildman–Crippen MR) is 128 cm³/mol. The number of benzene rings is 2. The molecule has 4 aromatic rings. The molecule has 0 saturated carbocycles. The summed E-state index contributed by atoms with van der Waals surface area (Å²) in [5.74, 6) is 0.701. The van der Waals surface area contributed by atoms with Crippen molar-refractivity contribution in [3.8, 4) is 0 Å². The van der Waals surface area contributed by atoms with Crippen LogP contribution >= 0.6 is 23.4 Å². The smallest absolute Gasteiger partial charge is 0.253 e. The van der Waals surface area contributed by atoms with Gasteiger partial charge in [0, 0.05) is 22.8 Å². The Bertz CT molecular complexity index is 1260. The number of carbonyl (C=O) groups is 1. The van der Waals surface area contributed by atoms with E-state index >= 15 is 0 Å². The van der Waals surface area contributed by atoms with Crippen LogP contribution in [0.2, 0.25) is 5.02 Å². The highest BCUT2D eigenvalue weighted by Crippen LogP contribution is 2.24. The summed E-state index contributed by atoms with van der Waals surface area (Å²) in [5.41, 5.74) is 5.04. The van der Waals surface area contributed by atoms with Crippen molar-refractivity contribution in [1.29, 1.82) is 0 Å². The van der Waals surface area contributed by atoms with Gasteiger partial charge in [0.25, 0.3) is 5.78 Å². The lowest BCUT2D eigenvalue weighted by molar-refractivity contribution is -0.119. The maximum atomic E-state index is 12.4. The topological polar surface area (TPSA) is 72.2 Å². The van der Waals surface area contributed by atoms with E-state index in [1.165, 1.54) is 11.8 Å². The van der Waals surface area contributed by atoms with Gasteiger partial charge in [-0.3, -0.25) is 4.79 Å². The molecule has 2 aromatic carbocycles. The number of hydrogen-bond acceptors (Lipinski definition) is 5. The third-order valence-corrected chi connectivity index (χ3v) is 6.57. The van der Waals surface area contributed by atoms with Crippen molar-refractivity contribution in [2.45, 2.75) is 38.4 Å². The van der Waals surface area contributed by atoms with Gasteiger partial charge in [-0.05, 0) is 43.5 Å². The molecule has 164 valence electrons. The molecule has 0 spiro atoms. The zero-order valence-electron chi connectivity index (χ0n) is 18.2. The van der Waals surface area contributed by atoms with E-state index in [2.05, 4.69) is 20.4 Å². The lowest BCUT2D eigenvalue weighted by Gasteiger charge is -2.13. The Balaban J connectivity index is 1.47. The van der Waals surface area contributed by atoms with Crippen LogP contribution in [0.1, 0.15) is 41.0 Å². The SMILES string of the molecule is Cc1nc2nc(SCC(=O)N[C@@H](C)c3ccccc3)nn2c(C)c1Cc1ccccc1Cl. The van der Waals surface area contributed by atoms with E-state index in [1.54, 1.807) is 4.52 Å². The van der Waals surface area contributed by atoms with Crippen LogP contribution in [0, 0.1) is 13.8 Å². The number of carbonyl (C=O) groups excluding carboxylic acids is 1. The van der Waals surface area contributed by atoms with Gasteiger partial charge >= 0.3 is 0 Å². The van der Waals surface area contributed by atoms with E-state index in [0.717, 1.165) is 33.1 Å². The van der Waals surface area contributed by atoms with E-state index in [9.17, 15) is 4.79 Å². The maximum absolute atomic E-state index is 12.4. The van der Waals surface area contributed by atoms with Gasteiger partial charge in [-0.25, -0.2) is 9.50 Å². The van der Waals surface area contributed by atoms with Gasteiger partial charge in [-0.15, -0.1) is 5.10 Å². The summed E-state index contributed by atoms with van der Waals surface area (Å²) in [6.45, 7) is 5.95. The minimum atomic E-state index is -0.0644. The fraction of sp³-hybridized carbons (Fsp3) is 0.250. The van der Waals surface area contributed by atoms with Gasteiger partial charge in [0.15, 0.2) is 0 Å². The Hall–Kier alpha value is -2.90. The number of nitrogens with zero attached hydrogens (tertiary/aromatic N) is 4. The largest absolute Gasteiger partial charge is 0.349 e. The van der Waals surface area contributed by atoms with Crippen LogP contribution in [-0.2, 0) is 11.2 Å². The molecule has 4 rings (SSSR count). The second kappa shape index (κ2) is 9.71. The van der Waals surface area contributed by atoms with Gasteiger partial charge in [0.05, 0.1) is 11.8 Å². The lowest BCUT2D eigenvalue weighted by Crippen LogP contribution is -2.28. The van der Waals surface area contributed by atoms with Crippen LogP contribution in [0.5, 0.6) is 0 Å². The zero-order chi connectivity index (χ0) is 22.7. The Labute approximate surface area is 196 Å². The van der Waals surface area contributed by atoms with Gasteiger partial charge < -0.3 is 5.32 Å². The highest BCUT2D eigenvalue weighted by Gasteiger charge is 2.16. The van der Waals surface area contributed by atoms with Crippen molar-refractivity contribution < 1.29 is 4.79 Å². The molecule has 1 N–H and O–H groups in total. The van der Waals surface area contributed by atoms with Crippen LogP contribution in [0.15, 0.2) is 59.8 Å². The minimum Gasteiger partial charge on any atom is -0.349 e. The van der Waals surface area contributed by atoms with Gasteiger partial charge in [-0.2, -0.15) is 4.98 Å². The Kier molecular flexibility index (Phi) is 6.77. The van der Waals surface area contributed by atoms with Crippen molar-refractivity contribution in [2.24, 2.45) is 0 Å². The molecular formula is C24H24ClN5OS. The maximum Gasteiger partial charge on any atom is 0.253 e. The molecule has 0 radical (unpaired) electrons. The fourth-order valence-electron chi connectivity index (χ4n) is 3.58. The Morgan fingerprint density at radius 2 is 1.81 bits per heavy atom. The summed E-state index contributed by atoms with van der Waals surface area (Å²) < 4.78 is 1.74. The predicted octanol–water partition coefficient (Wildman–Crippen LogP) is 4.95. The second-order valence-corrected chi connectivity index (χ2v) is 8.97. The van der Waals surface area contributed by atoms with Crippen LogP contribution in [0.3, 0.4) is 0 Å². The second-order valence-electron chi connectivity index (χ2n) is 7.62. The average Bonchev–Trinajstić information content (AvgIpc) is 3.20. The molecule has 0 bridgehead atoms. The minimum absolute atomic E-state index is 0.0581. The quantitative estimate of drug-likeness (QED) is 0.391. The van der Waals surface area contributed by atoms with E-state index in [4.69, 9.17) is 11.6 Å². The molecule has 0 fully saturated rings. The summed E-state index contributed by atoms with van der Waals surface area (Å²) >= 11 is 7.65. The number of thioether (sulfide) groups is 1. The first-order valence-corrected chi connectivity index (χ1v) is 11.7. The van der Waals surface area contributed by atoms with Crippen molar-refractivity contribution in [3.63, 3.8) is 0 Å². The van der Waals surface area contributed by atoms with Crippen molar-refractivity contribution in [3.05, 3.63) is 87.7 Å². The molecular weight excluding hydrogens is 442 g/mol. The normalized spacial score (nSPS) is 12.1. The van der Waals surface area contributed by atoms with Crippen LogP contribution in [0.4, 0.5) is 0 Å². The first-order valence-electron chi connectivity index (χ1n) is 10.4. The first-order chi connectivity index (χ1) is 15.4. The number of hydrogen-bond donors (Lipinski definition) is 1. The summed E-state index contributed by atoms with van der Waals surface area (Å²) in [6, 6.07) is 17.6. The molecule has 1 amide bonds. The van der Waals surface area contributed by atoms with E-state index in [-0.39, 0.29) is 17.7 Å². The molecule has 0 unspecified atom stereocenters. The number of fused-ring (bicyclic) bond motifs is 1. The molecule has 2 heterocycles. The molecule has 2 aromatic heterocycles. The third-order valence-electron chi connectivity index (χ3n) is 5.36. The lowest BCUT2D eigenvalue weighted by atomic mass is 10.0. The van der Waals surface area contributed by atoms with Gasteiger partial charge in [0.2, 0.25) is 11.1 Å². The summed E-state index contributed by atoms with van der Waals surface area (Å²) in [7, 11) is 0.